The van der Waals surface area contributed by atoms with Crippen LogP contribution in [0, 0.1) is 0 Å². The predicted molar refractivity (Wildman–Crippen MR) is 115 cm³/mol. The predicted octanol–water partition coefficient (Wildman–Crippen LogP) is 5.75. The highest BCUT2D eigenvalue weighted by molar-refractivity contribution is 7.17. The van der Waals surface area contributed by atoms with Crippen molar-refractivity contribution in [3.63, 3.8) is 0 Å². The number of ketones is 1. The van der Waals surface area contributed by atoms with E-state index in [0.29, 0.717) is 10.0 Å². The van der Waals surface area contributed by atoms with E-state index in [0.717, 1.165) is 16.7 Å². The van der Waals surface area contributed by atoms with E-state index < -0.39 is 5.54 Å². The van der Waals surface area contributed by atoms with Crippen LogP contribution >= 0.6 is 11.3 Å². The Kier molecular flexibility index (Phi) is 5.04. The maximum absolute atomic E-state index is 11.8. The SMILES string of the molecule is CC(=O)c1cnc(NC(c2ccccc2)(c2ccccc2)c2ccccc2)s1. The van der Waals surface area contributed by atoms with Crippen molar-refractivity contribution in [1.82, 2.24) is 4.98 Å². The van der Waals surface area contributed by atoms with Crippen LogP contribution in [0.25, 0.3) is 0 Å². The summed E-state index contributed by atoms with van der Waals surface area (Å²) in [6.07, 6.45) is 1.64. The van der Waals surface area contributed by atoms with Gasteiger partial charge in [-0.25, -0.2) is 4.98 Å². The summed E-state index contributed by atoms with van der Waals surface area (Å²) in [7, 11) is 0. The van der Waals surface area contributed by atoms with Gasteiger partial charge in [0.25, 0.3) is 0 Å². The van der Waals surface area contributed by atoms with Crippen LogP contribution < -0.4 is 5.32 Å². The Balaban J connectivity index is 1.96. The maximum atomic E-state index is 11.8. The molecule has 0 aliphatic rings. The zero-order chi connectivity index (χ0) is 19.4. The van der Waals surface area contributed by atoms with Gasteiger partial charge in [0.15, 0.2) is 10.9 Å². The fourth-order valence-electron chi connectivity index (χ4n) is 3.44. The summed E-state index contributed by atoms with van der Waals surface area (Å²) in [5, 5.41) is 4.38. The Morgan fingerprint density at radius 2 is 1.21 bits per heavy atom. The standard InChI is InChI=1S/C24H20N2OS/c1-18(27)22-17-25-23(28-22)26-24(19-11-5-2-6-12-19,20-13-7-3-8-14-20)21-15-9-4-10-16-21/h2-17H,1H3,(H,25,26). The van der Waals surface area contributed by atoms with E-state index in [1.54, 1.807) is 13.1 Å². The highest BCUT2D eigenvalue weighted by Crippen LogP contribution is 2.40. The molecule has 138 valence electrons. The first kappa shape index (κ1) is 18.1. The summed E-state index contributed by atoms with van der Waals surface area (Å²) in [6.45, 7) is 1.57. The number of anilines is 1. The molecule has 3 nitrogen and oxygen atoms in total. The van der Waals surface area contributed by atoms with Gasteiger partial charge in [0.05, 0.1) is 11.1 Å². The normalized spacial score (nSPS) is 11.2. The molecule has 0 spiro atoms. The highest BCUT2D eigenvalue weighted by Gasteiger charge is 2.37. The lowest BCUT2D eigenvalue weighted by Crippen LogP contribution is -2.38. The van der Waals surface area contributed by atoms with Gasteiger partial charge in [0.1, 0.15) is 5.54 Å². The van der Waals surface area contributed by atoms with Crippen molar-refractivity contribution in [2.45, 2.75) is 12.5 Å². The molecular formula is C24H20N2OS. The first-order chi connectivity index (χ1) is 13.7. The van der Waals surface area contributed by atoms with Crippen LogP contribution in [0.15, 0.2) is 97.2 Å². The Bertz CT molecular complexity index is 963. The Morgan fingerprint density at radius 3 is 1.57 bits per heavy atom. The van der Waals surface area contributed by atoms with Gasteiger partial charge >= 0.3 is 0 Å². The molecule has 0 bridgehead atoms. The molecule has 0 fully saturated rings. The third-order valence-electron chi connectivity index (χ3n) is 4.77. The molecule has 0 unspecified atom stereocenters. The topological polar surface area (TPSA) is 42.0 Å². The average Bonchev–Trinajstić information content (AvgIpc) is 3.23. The minimum absolute atomic E-state index is 0.0234. The third-order valence-corrected chi connectivity index (χ3v) is 5.78. The number of hydrogen-bond acceptors (Lipinski definition) is 4. The molecule has 0 radical (unpaired) electrons. The average molecular weight is 385 g/mol. The zero-order valence-electron chi connectivity index (χ0n) is 15.5. The fraction of sp³-hybridized carbons (Fsp3) is 0.0833. The molecule has 0 aliphatic heterocycles. The molecule has 28 heavy (non-hydrogen) atoms. The van der Waals surface area contributed by atoms with Crippen LogP contribution in [0.5, 0.6) is 0 Å². The van der Waals surface area contributed by atoms with E-state index in [1.807, 2.05) is 54.6 Å². The van der Waals surface area contributed by atoms with Gasteiger partial charge in [-0.1, -0.05) is 102 Å². The fourth-order valence-corrected chi connectivity index (χ4v) is 4.20. The third kappa shape index (κ3) is 3.35. The molecular weight excluding hydrogens is 364 g/mol. The number of thiazole rings is 1. The van der Waals surface area contributed by atoms with Crippen LogP contribution in [0.1, 0.15) is 33.3 Å². The first-order valence-electron chi connectivity index (χ1n) is 9.11. The van der Waals surface area contributed by atoms with Crippen molar-refractivity contribution in [2.75, 3.05) is 5.32 Å². The molecule has 1 heterocycles. The molecule has 0 saturated carbocycles. The number of carbonyl (C=O) groups excluding carboxylic acids is 1. The molecule has 0 saturated heterocycles. The molecule has 1 N–H and O–H groups in total. The number of rotatable bonds is 6. The van der Waals surface area contributed by atoms with Gasteiger partial charge in [0.2, 0.25) is 0 Å². The number of nitrogens with one attached hydrogen (secondary N) is 1. The van der Waals surface area contributed by atoms with Crippen molar-refractivity contribution in [2.24, 2.45) is 0 Å². The number of hydrogen-bond donors (Lipinski definition) is 1. The second kappa shape index (κ2) is 7.79. The molecule has 1 aromatic heterocycles. The van der Waals surface area contributed by atoms with E-state index in [9.17, 15) is 4.79 Å². The molecule has 4 rings (SSSR count). The molecule has 3 aromatic carbocycles. The maximum Gasteiger partial charge on any atom is 0.184 e. The van der Waals surface area contributed by atoms with Crippen molar-refractivity contribution in [3.8, 4) is 0 Å². The van der Waals surface area contributed by atoms with Gasteiger partial charge in [-0.2, -0.15) is 0 Å². The van der Waals surface area contributed by atoms with Gasteiger partial charge in [0, 0.05) is 6.92 Å². The Hall–Kier alpha value is -3.24. The minimum Gasteiger partial charge on any atom is -0.344 e. The van der Waals surface area contributed by atoms with Crippen molar-refractivity contribution in [3.05, 3.63) is 119 Å². The summed E-state index contributed by atoms with van der Waals surface area (Å²) in [6, 6.07) is 31.0. The number of Topliss-reactive ketones (excluding diaryl/α,β-unsaturated/α-hetero) is 1. The monoisotopic (exact) mass is 384 g/mol. The molecule has 0 amide bonds. The van der Waals surface area contributed by atoms with E-state index in [1.165, 1.54) is 11.3 Å². The van der Waals surface area contributed by atoms with Crippen molar-refractivity contribution < 1.29 is 4.79 Å². The minimum atomic E-state index is -0.629. The number of aromatic nitrogens is 1. The Labute approximate surface area is 168 Å². The lowest BCUT2D eigenvalue weighted by molar-refractivity contribution is 0.102. The quantitative estimate of drug-likeness (QED) is 0.340. The van der Waals surface area contributed by atoms with E-state index in [4.69, 9.17) is 0 Å². The van der Waals surface area contributed by atoms with Crippen LogP contribution in [0.2, 0.25) is 0 Å². The van der Waals surface area contributed by atoms with Crippen LogP contribution in [-0.4, -0.2) is 10.8 Å². The van der Waals surface area contributed by atoms with E-state index >= 15 is 0 Å². The van der Waals surface area contributed by atoms with Crippen LogP contribution in [0.4, 0.5) is 5.13 Å². The second-order valence-corrected chi connectivity index (χ2v) is 7.59. The number of benzene rings is 3. The van der Waals surface area contributed by atoms with Gasteiger partial charge in [-0.15, -0.1) is 0 Å². The Morgan fingerprint density at radius 1 is 0.786 bits per heavy atom. The molecule has 0 atom stereocenters. The summed E-state index contributed by atoms with van der Waals surface area (Å²) in [4.78, 5) is 16.9. The van der Waals surface area contributed by atoms with Gasteiger partial charge < -0.3 is 5.32 Å². The summed E-state index contributed by atoms with van der Waals surface area (Å²) >= 11 is 1.38. The van der Waals surface area contributed by atoms with E-state index in [-0.39, 0.29) is 5.78 Å². The number of carbonyl (C=O) groups is 1. The van der Waals surface area contributed by atoms with Crippen LogP contribution in [0.3, 0.4) is 0 Å². The van der Waals surface area contributed by atoms with E-state index in [2.05, 4.69) is 46.7 Å². The first-order valence-corrected chi connectivity index (χ1v) is 9.93. The molecule has 4 aromatic rings. The highest BCUT2D eigenvalue weighted by atomic mass is 32.1. The van der Waals surface area contributed by atoms with Crippen LogP contribution in [-0.2, 0) is 5.54 Å². The summed E-state index contributed by atoms with van der Waals surface area (Å²) in [5.74, 6) is 0.0234. The van der Waals surface area contributed by atoms with Crippen molar-refractivity contribution in [1.29, 1.82) is 0 Å². The van der Waals surface area contributed by atoms with Crippen molar-refractivity contribution >= 4 is 22.3 Å². The van der Waals surface area contributed by atoms with Gasteiger partial charge in [-0.05, 0) is 16.7 Å². The zero-order valence-corrected chi connectivity index (χ0v) is 16.3. The lowest BCUT2D eigenvalue weighted by Gasteiger charge is -2.36. The summed E-state index contributed by atoms with van der Waals surface area (Å²) < 4.78 is 0. The van der Waals surface area contributed by atoms with Gasteiger partial charge in [-0.3, -0.25) is 4.79 Å². The summed E-state index contributed by atoms with van der Waals surface area (Å²) in [5.41, 5.74) is 2.68. The lowest BCUT2D eigenvalue weighted by atomic mass is 9.77. The molecule has 0 aliphatic carbocycles. The number of nitrogens with zero attached hydrogens (tertiary/aromatic N) is 1. The second-order valence-electron chi connectivity index (χ2n) is 6.56. The largest absolute Gasteiger partial charge is 0.344 e. The smallest absolute Gasteiger partial charge is 0.184 e. The molecule has 4 heteroatoms.